The molecule has 0 aromatic heterocycles. The van der Waals surface area contributed by atoms with Crippen LogP contribution in [0.3, 0.4) is 0 Å². The molecule has 1 heterocycles. The van der Waals surface area contributed by atoms with E-state index in [2.05, 4.69) is 11.9 Å². The van der Waals surface area contributed by atoms with E-state index in [-0.39, 0.29) is 5.92 Å². The van der Waals surface area contributed by atoms with E-state index in [1.54, 1.807) is 0 Å². The van der Waals surface area contributed by atoms with E-state index >= 15 is 0 Å². The van der Waals surface area contributed by atoms with Gasteiger partial charge in [-0.05, 0) is 32.2 Å². The standard InChI is InChI=1S/C14H25NO2/c1-15(9-12-5-3-2-4-6-12)10-14(16)13-7-8-17-11-13/h12-13H,2-11H2,1H3. The van der Waals surface area contributed by atoms with Crippen LogP contribution in [0.25, 0.3) is 0 Å². The summed E-state index contributed by atoms with van der Waals surface area (Å²) in [7, 11) is 2.09. The van der Waals surface area contributed by atoms with Gasteiger partial charge >= 0.3 is 0 Å². The third-order valence-electron chi connectivity index (χ3n) is 4.11. The summed E-state index contributed by atoms with van der Waals surface area (Å²) in [6, 6.07) is 0. The molecule has 0 bridgehead atoms. The largest absolute Gasteiger partial charge is 0.381 e. The lowest BCUT2D eigenvalue weighted by Crippen LogP contribution is -2.34. The number of nitrogens with zero attached hydrogens (tertiary/aromatic N) is 1. The number of ether oxygens (including phenoxy) is 1. The molecule has 0 aromatic carbocycles. The molecule has 3 nitrogen and oxygen atoms in total. The Labute approximate surface area is 105 Å². The first-order valence-electron chi connectivity index (χ1n) is 7.04. The van der Waals surface area contributed by atoms with Crippen LogP contribution in [0.5, 0.6) is 0 Å². The van der Waals surface area contributed by atoms with E-state index in [4.69, 9.17) is 4.74 Å². The van der Waals surface area contributed by atoms with Crippen LogP contribution in [0.4, 0.5) is 0 Å². The molecular formula is C14H25NO2. The first-order valence-corrected chi connectivity index (χ1v) is 7.04. The summed E-state index contributed by atoms with van der Waals surface area (Å²) in [6.07, 6.45) is 7.79. The Morgan fingerprint density at radius 3 is 2.65 bits per heavy atom. The second kappa shape index (κ2) is 6.50. The van der Waals surface area contributed by atoms with Crippen LogP contribution in [0.1, 0.15) is 38.5 Å². The third-order valence-corrected chi connectivity index (χ3v) is 4.11. The fraction of sp³-hybridized carbons (Fsp3) is 0.929. The maximum absolute atomic E-state index is 12.0. The Balaban J connectivity index is 1.68. The summed E-state index contributed by atoms with van der Waals surface area (Å²) in [5.74, 6) is 1.37. The second-order valence-corrected chi connectivity index (χ2v) is 5.73. The van der Waals surface area contributed by atoms with Crippen molar-refractivity contribution in [1.82, 2.24) is 4.90 Å². The van der Waals surface area contributed by atoms with Crippen LogP contribution in [0, 0.1) is 11.8 Å². The number of hydrogen-bond donors (Lipinski definition) is 0. The molecule has 17 heavy (non-hydrogen) atoms. The van der Waals surface area contributed by atoms with E-state index in [1.807, 2.05) is 0 Å². The monoisotopic (exact) mass is 239 g/mol. The summed E-state index contributed by atoms with van der Waals surface area (Å²) in [5, 5.41) is 0. The highest BCUT2D eigenvalue weighted by Gasteiger charge is 2.25. The maximum Gasteiger partial charge on any atom is 0.152 e. The quantitative estimate of drug-likeness (QED) is 0.736. The lowest BCUT2D eigenvalue weighted by atomic mass is 9.89. The van der Waals surface area contributed by atoms with Crippen LogP contribution in [0.15, 0.2) is 0 Å². The summed E-state index contributed by atoms with van der Waals surface area (Å²) >= 11 is 0. The van der Waals surface area contributed by atoms with Gasteiger partial charge in [-0.25, -0.2) is 0 Å². The molecule has 2 fully saturated rings. The average Bonchev–Trinajstić information content (AvgIpc) is 2.83. The van der Waals surface area contributed by atoms with Crippen molar-refractivity contribution in [3.8, 4) is 0 Å². The van der Waals surface area contributed by atoms with Gasteiger partial charge in [0.25, 0.3) is 0 Å². The fourth-order valence-corrected chi connectivity index (χ4v) is 3.06. The Bertz CT molecular complexity index is 243. The molecule has 0 aromatic rings. The number of hydrogen-bond acceptors (Lipinski definition) is 3. The Kier molecular flexibility index (Phi) is 4.99. The van der Waals surface area contributed by atoms with Crippen LogP contribution < -0.4 is 0 Å². The van der Waals surface area contributed by atoms with Crippen molar-refractivity contribution in [2.75, 3.05) is 33.4 Å². The molecule has 0 spiro atoms. The normalized spacial score (nSPS) is 26.6. The first-order chi connectivity index (χ1) is 8.25. The van der Waals surface area contributed by atoms with Crippen LogP contribution in [0.2, 0.25) is 0 Å². The lowest BCUT2D eigenvalue weighted by molar-refractivity contribution is -0.123. The van der Waals surface area contributed by atoms with E-state index < -0.39 is 0 Å². The molecule has 3 heteroatoms. The molecule has 0 N–H and O–H groups in total. The van der Waals surface area contributed by atoms with Gasteiger partial charge in [-0.15, -0.1) is 0 Å². The van der Waals surface area contributed by atoms with Gasteiger partial charge in [0.1, 0.15) is 0 Å². The van der Waals surface area contributed by atoms with E-state index in [1.165, 1.54) is 32.1 Å². The Hall–Kier alpha value is -0.410. The maximum atomic E-state index is 12.0. The molecule has 1 unspecified atom stereocenters. The van der Waals surface area contributed by atoms with E-state index in [0.29, 0.717) is 18.9 Å². The van der Waals surface area contributed by atoms with Gasteiger partial charge in [-0.1, -0.05) is 19.3 Å². The fourth-order valence-electron chi connectivity index (χ4n) is 3.06. The molecule has 1 aliphatic carbocycles. The number of ketones is 1. The topological polar surface area (TPSA) is 29.5 Å². The number of carbonyl (C=O) groups excluding carboxylic acids is 1. The molecule has 1 saturated heterocycles. The zero-order valence-corrected chi connectivity index (χ0v) is 11.0. The van der Waals surface area contributed by atoms with Crippen molar-refractivity contribution in [3.63, 3.8) is 0 Å². The van der Waals surface area contributed by atoms with Crippen molar-refractivity contribution in [2.24, 2.45) is 11.8 Å². The molecule has 1 atom stereocenters. The van der Waals surface area contributed by atoms with Crippen molar-refractivity contribution >= 4 is 5.78 Å². The number of rotatable bonds is 5. The first kappa shape index (κ1) is 13.0. The molecule has 2 aliphatic rings. The molecule has 2 rings (SSSR count). The van der Waals surface area contributed by atoms with Gasteiger partial charge < -0.3 is 4.74 Å². The minimum absolute atomic E-state index is 0.170. The van der Waals surface area contributed by atoms with Gasteiger partial charge in [-0.2, -0.15) is 0 Å². The highest BCUT2D eigenvalue weighted by molar-refractivity contribution is 5.83. The average molecular weight is 239 g/mol. The van der Waals surface area contributed by atoms with Gasteiger partial charge in [0.2, 0.25) is 0 Å². The Morgan fingerprint density at radius 1 is 1.24 bits per heavy atom. The zero-order chi connectivity index (χ0) is 12.1. The van der Waals surface area contributed by atoms with E-state index in [0.717, 1.165) is 25.5 Å². The highest BCUT2D eigenvalue weighted by Crippen LogP contribution is 2.24. The third kappa shape index (κ3) is 4.07. The van der Waals surface area contributed by atoms with Crippen LogP contribution in [-0.4, -0.2) is 44.0 Å². The van der Waals surface area contributed by atoms with Crippen molar-refractivity contribution in [1.29, 1.82) is 0 Å². The number of Topliss-reactive ketones (excluding diaryl/α,β-unsaturated/α-hetero) is 1. The second-order valence-electron chi connectivity index (χ2n) is 5.73. The molecule has 1 aliphatic heterocycles. The molecule has 98 valence electrons. The van der Waals surface area contributed by atoms with Gasteiger partial charge in [-0.3, -0.25) is 9.69 Å². The zero-order valence-electron chi connectivity index (χ0n) is 11.0. The van der Waals surface area contributed by atoms with Crippen molar-refractivity contribution in [3.05, 3.63) is 0 Å². The van der Waals surface area contributed by atoms with Crippen molar-refractivity contribution < 1.29 is 9.53 Å². The number of carbonyl (C=O) groups is 1. The predicted molar refractivity (Wildman–Crippen MR) is 68.0 cm³/mol. The predicted octanol–water partition coefficient (Wildman–Crippen LogP) is 2.10. The summed E-state index contributed by atoms with van der Waals surface area (Å²) in [5.41, 5.74) is 0. The molecule has 1 saturated carbocycles. The SMILES string of the molecule is CN(CC(=O)C1CCOC1)CC1CCCCC1. The van der Waals surface area contributed by atoms with Gasteiger partial charge in [0.15, 0.2) is 5.78 Å². The Morgan fingerprint density at radius 2 is 2.00 bits per heavy atom. The highest BCUT2D eigenvalue weighted by atomic mass is 16.5. The summed E-state index contributed by atoms with van der Waals surface area (Å²) < 4.78 is 5.27. The van der Waals surface area contributed by atoms with Crippen LogP contribution in [-0.2, 0) is 9.53 Å². The smallest absolute Gasteiger partial charge is 0.152 e. The van der Waals surface area contributed by atoms with Crippen LogP contribution >= 0.6 is 0 Å². The summed E-state index contributed by atoms with van der Waals surface area (Å²) in [6.45, 7) is 3.13. The van der Waals surface area contributed by atoms with Gasteiger partial charge in [0, 0.05) is 19.1 Å². The van der Waals surface area contributed by atoms with Crippen molar-refractivity contribution in [2.45, 2.75) is 38.5 Å². The van der Waals surface area contributed by atoms with E-state index in [9.17, 15) is 4.79 Å². The molecular weight excluding hydrogens is 214 g/mol. The number of likely N-dealkylation sites (N-methyl/N-ethyl adjacent to an activating group) is 1. The lowest BCUT2D eigenvalue weighted by Gasteiger charge is -2.27. The minimum atomic E-state index is 0.170. The summed E-state index contributed by atoms with van der Waals surface area (Å²) in [4.78, 5) is 14.2. The van der Waals surface area contributed by atoms with Gasteiger partial charge in [0.05, 0.1) is 13.2 Å². The minimum Gasteiger partial charge on any atom is -0.381 e. The molecule has 0 radical (unpaired) electrons. The molecule has 0 amide bonds.